The van der Waals surface area contributed by atoms with Crippen molar-refractivity contribution in [3.05, 3.63) is 53.9 Å². The zero-order valence-electron chi connectivity index (χ0n) is 14.2. The van der Waals surface area contributed by atoms with Crippen molar-refractivity contribution in [2.24, 2.45) is 0 Å². The molecule has 134 valence electrons. The standard InChI is InChI=1S/C17H17N5O3S/c1-11(26-17-20-16-18-8-3-9-22(16)21-17)14(23)19-10-12-4-6-13(7-5-12)15(24)25-2/h3-9,11H,10H2,1-2H3,(H,19,23). The number of methoxy groups -OCH3 is 1. The van der Waals surface area contributed by atoms with Crippen molar-refractivity contribution in [3.8, 4) is 0 Å². The second-order valence-corrected chi connectivity index (χ2v) is 6.73. The molecule has 1 aromatic carbocycles. The highest BCUT2D eigenvalue weighted by atomic mass is 32.2. The van der Waals surface area contributed by atoms with Crippen LogP contribution in [0.3, 0.4) is 0 Å². The van der Waals surface area contributed by atoms with Crippen molar-refractivity contribution in [1.29, 1.82) is 0 Å². The highest BCUT2D eigenvalue weighted by Gasteiger charge is 2.17. The lowest BCUT2D eigenvalue weighted by molar-refractivity contribution is -0.120. The fourth-order valence-corrected chi connectivity index (χ4v) is 2.96. The van der Waals surface area contributed by atoms with Gasteiger partial charge in [-0.2, -0.15) is 4.98 Å². The minimum atomic E-state index is -0.389. The van der Waals surface area contributed by atoms with Crippen molar-refractivity contribution in [2.45, 2.75) is 23.9 Å². The Morgan fingerprint density at radius 3 is 2.77 bits per heavy atom. The fourth-order valence-electron chi connectivity index (χ4n) is 2.18. The molecule has 8 nitrogen and oxygen atoms in total. The Hall–Kier alpha value is -2.94. The van der Waals surface area contributed by atoms with E-state index in [2.05, 4.69) is 25.1 Å². The Bertz CT molecular complexity index is 893. The van der Waals surface area contributed by atoms with Gasteiger partial charge in [0, 0.05) is 18.9 Å². The Morgan fingerprint density at radius 2 is 2.08 bits per heavy atom. The lowest BCUT2D eigenvalue weighted by Crippen LogP contribution is -2.30. The van der Waals surface area contributed by atoms with Crippen molar-refractivity contribution >= 4 is 29.4 Å². The molecule has 0 aliphatic rings. The maximum Gasteiger partial charge on any atom is 0.337 e. The molecular formula is C17H17N5O3S. The number of esters is 1. The molecule has 2 heterocycles. The van der Waals surface area contributed by atoms with Crippen LogP contribution in [-0.2, 0) is 16.1 Å². The zero-order chi connectivity index (χ0) is 18.5. The first kappa shape index (κ1) is 17.9. The summed E-state index contributed by atoms with van der Waals surface area (Å²) in [6, 6.07) is 8.65. The smallest absolute Gasteiger partial charge is 0.337 e. The number of nitrogens with zero attached hydrogens (tertiary/aromatic N) is 4. The lowest BCUT2D eigenvalue weighted by atomic mass is 10.1. The minimum absolute atomic E-state index is 0.126. The highest BCUT2D eigenvalue weighted by Crippen LogP contribution is 2.20. The number of amides is 1. The number of carbonyl (C=O) groups is 2. The number of nitrogens with one attached hydrogen (secondary N) is 1. The molecular weight excluding hydrogens is 354 g/mol. The summed E-state index contributed by atoms with van der Waals surface area (Å²) in [5.74, 6) is -0.0211. The van der Waals surface area contributed by atoms with E-state index in [1.165, 1.54) is 18.9 Å². The molecule has 3 aromatic rings. The molecule has 3 rings (SSSR count). The zero-order valence-corrected chi connectivity index (χ0v) is 15.1. The van der Waals surface area contributed by atoms with Crippen LogP contribution < -0.4 is 5.32 Å². The first-order valence-corrected chi connectivity index (χ1v) is 8.74. The molecule has 0 saturated carbocycles. The van der Waals surface area contributed by atoms with Gasteiger partial charge in [-0.3, -0.25) is 4.79 Å². The molecule has 2 aromatic heterocycles. The number of hydrogen-bond acceptors (Lipinski definition) is 7. The van der Waals surface area contributed by atoms with Crippen LogP contribution in [-0.4, -0.2) is 43.8 Å². The van der Waals surface area contributed by atoms with E-state index in [0.29, 0.717) is 23.0 Å². The molecule has 0 fully saturated rings. The van der Waals surface area contributed by atoms with Gasteiger partial charge < -0.3 is 10.1 Å². The summed E-state index contributed by atoms with van der Waals surface area (Å²) in [6.07, 6.45) is 3.39. The van der Waals surface area contributed by atoms with Crippen LogP contribution in [0.1, 0.15) is 22.8 Å². The van der Waals surface area contributed by atoms with Gasteiger partial charge in [0.1, 0.15) is 0 Å². The number of benzene rings is 1. The van der Waals surface area contributed by atoms with Gasteiger partial charge in [-0.05, 0) is 30.7 Å². The third-order valence-corrected chi connectivity index (χ3v) is 4.54. The molecule has 9 heteroatoms. The number of rotatable bonds is 6. The molecule has 0 radical (unpaired) electrons. The van der Waals surface area contributed by atoms with Gasteiger partial charge in [0.05, 0.1) is 17.9 Å². The first-order chi connectivity index (χ1) is 12.6. The average Bonchev–Trinajstić information content (AvgIpc) is 3.08. The van der Waals surface area contributed by atoms with Crippen LogP contribution in [0.5, 0.6) is 0 Å². The van der Waals surface area contributed by atoms with Gasteiger partial charge in [-0.1, -0.05) is 23.9 Å². The van der Waals surface area contributed by atoms with Crippen molar-refractivity contribution in [2.75, 3.05) is 7.11 Å². The molecule has 0 saturated heterocycles. The second-order valence-electron chi connectivity index (χ2n) is 5.43. The van der Waals surface area contributed by atoms with Crippen LogP contribution in [0, 0.1) is 0 Å². The number of ether oxygens (including phenoxy) is 1. The van der Waals surface area contributed by atoms with E-state index in [1.807, 2.05) is 0 Å². The third kappa shape index (κ3) is 4.17. The maximum absolute atomic E-state index is 12.3. The summed E-state index contributed by atoms with van der Waals surface area (Å²) in [6.45, 7) is 2.16. The number of hydrogen-bond donors (Lipinski definition) is 1. The molecule has 1 N–H and O–H groups in total. The normalized spacial score (nSPS) is 11.9. The van der Waals surface area contributed by atoms with Crippen molar-refractivity contribution < 1.29 is 14.3 Å². The SMILES string of the molecule is COC(=O)c1ccc(CNC(=O)C(C)Sc2nc3ncccn3n2)cc1. The first-order valence-electron chi connectivity index (χ1n) is 7.86. The summed E-state index contributed by atoms with van der Waals surface area (Å²) >= 11 is 1.27. The number of fused-ring (bicyclic) bond motifs is 1. The quantitative estimate of drug-likeness (QED) is 0.520. The van der Waals surface area contributed by atoms with Crippen LogP contribution in [0.15, 0.2) is 47.9 Å². The molecule has 0 bridgehead atoms. The van der Waals surface area contributed by atoms with E-state index in [4.69, 9.17) is 0 Å². The Labute approximate surface area is 154 Å². The molecule has 0 spiro atoms. The topological polar surface area (TPSA) is 98.5 Å². The third-order valence-electron chi connectivity index (χ3n) is 3.59. The molecule has 1 unspecified atom stereocenters. The highest BCUT2D eigenvalue weighted by molar-refractivity contribution is 8.00. The minimum Gasteiger partial charge on any atom is -0.465 e. The van der Waals surface area contributed by atoms with Gasteiger partial charge in [0.25, 0.3) is 5.78 Å². The summed E-state index contributed by atoms with van der Waals surface area (Å²) in [5.41, 5.74) is 1.36. The summed E-state index contributed by atoms with van der Waals surface area (Å²) in [5, 5.41) is 7.27. The summed E-state index contributed by atoms with van der Waals surface area (Å²) < 4.78 is 6.22. The van der Waals surface area contributed by atoms with E-state index in [0.717, 1.165) is 5.56 Å². The van der Waals surface area contributed by atoms with E-state index in [-0.39, 0.29) is 17.1 Å². The van der Waals surface area contributed by atoms with Crippen LogP contribution in [0.2, 0.25) is 0 Å². The van der Waals surface area contributed by atoms with Gasteiger partial charge in [-0.15, -0.1) is 5.10 Å². The van der Waals surface area contributed by atoms with Crippen molar-refractivity contribution in [1.82, 2.24) is 24.9 Å². The Kier molecular flexibility index (Phi) is 5.47. The van der Waals surface area contributed by atoms with Gasteiger partial charge >= 0.3 is 5.97 Å². The predicted octanol–water partition coefficient (Wildman–Crippen LogP) is 1.71. The molecule has 1 amide bonds. The fraction of sp³-hybridized carbons (Fsp3) is 0.235. The molecule has 26 heavy (non-hydrogen) atoms. The second kappa shape index (κ2) is 7.96. The van der Waals surface area contributed by atoms with E-state index in [1.54, 1.807) is 54.2 Å². The Balaban J connectivity index is 1.54. The van der Waals surface area contributed by atoms with Gasteiger partial charge in [-0.25, -0.2) is 14.3 Å². The monoisotopic (exact) mass is 371 g/mol. The summed E-state index contributed by atoms with van der Waals surface area (Å²) in [7, 11) is 1.34. The maximum atomic E-state index is 12.3. The van der Waals surface area contributed by atoms with E-state index in [9.17, 15) is 9.59 Å². The molecule has 0 aliphatic heterocycles. The number of carbonyl (C=O) groups excluding carboxylic acids is 2. The van der Waals surface area contributed by atoms with Gasteiger partial charge in [0.15, 0.2) is 0 Å². The predicted molar refractivity (Wildman–Crippen MR) is 95.7 cm³/mol. The largest absolute Gasteiger partial charge is 0.465 e. The van der Waals surface area contributed by atoms with E-state index < -0.39 is 0 Å². The average molecular weight is 371 g/mol. The number of aromatic nitrogens is 4. The number of thioether (sulfide) groups is 1. The van der Waals surface area contributed by atoms with Crippen LogP contribution in [0.25, 0.3) is 5.78 Å². The van der Waals surface area contributed by atoms with Crippen molar-refractivity contribution in [3.63, 3.8) is 0 Å². The lowest BCUT2D eigenvalue weighted by Gasteiger charge is -2.10. The van der Waals surface area contributed by atoms with E-state index >= 15 is 0 Å². The molecule has 1 atom stereocenters. The molecule has 0 aliphatic carbocycles. The summed E-state index contributed by atoms with van der Waals surface area (Å²) in [4.78, 5) is 32.0. The Morgan fingerprint density at radius 1 is 1.31 bits per heavy atom. The van der Waals surface area contributed by atoms with Crippen LogP contribution in [0.4, 0.5) is 0 Å². The van der Waals surface area contributed by atoms with Crippen LogP contribution >= 0.6 is 11.8 Å². The van der Waals surface area contributed by atoms with Gasteiger partial charge in [0.2, 0.25) is 11.1 Å².